The number of aromatic nitrogens is 3. The van der Waals surface area contributed by atoms with Crippen molar-refractivity contribution in [3.8, 4) is 5.69 Å². The van der Waals surface area contributed by atoms with Gasteiger partial charge >= 0.3 is 5.97 Å². The standard InChI is InChI=1S/C22H26FN3O3/c1-4-14(5-2)20-19-18(22(28)29-6-3)15(11-12-27)13-24-21(19)26(25-20)17-9-7-16(23)8-10-17/h7-10,13-14,27H,4-6,11-12H2,1-3H3. The van der Waals surface area contributed by atoms with E-state index in [1.54, 1.807) is 29.9 Å². The van der Waals surface area contributed by atoms with Crippen LogP contribution in [-0.2, 0) is 11.2 Å². The molecule has 0 aliphatic carbocycles. The molecule has 0 bridgehead atoms. The van der Waals surface area contributed by atoms with Gasteiger partial charge in [-0.15, -0.1) is 0 Å². The van der Waals surface area contributed by atoms with Gasteiger partial charge in [-0.25, -0.2) is 18.9 Å². The number of halogens is 1. The monoisotopic (exact) mass is 399 g/mol. The van der Waals surface area contributed by atoms with E-state index in [1.807, 2.05) is 0 Å². The number of nitrogens with zero attached hydrogens (tertiary/aromatic N) is 3. The maximum Gasteiger partial charge on any atom is 0.339 e. The third-order valence-electron chi connectivity index (χ3n) is 5.11. The zero-order valence-corrected chi connectivity index (χ0v) is 17.0. The summed E-state index contributed by atoms with van der Waals surface area (Å²) in [7, 11) is 0. The number of fused-ring (bicyclic) bond motifs is 1. The molecule has 0 radical (unpaired) electrons. The summed E-state index contributed by atoms with van der Waals surface area (Å²) in [6.45, 7) is 6.04. The summed E-state index contributed by atoms with van der Waals surface area (Å²) in [5.41, 5.74) is 2.98. The van der Waals surface area contributed by atoms with Crippen molar-refractivity contribution in [2.24, 2.45) is 0 Å². The van der Waals surface area contributed by atoms with Gasteiger partial charge in [0.15, 0.2) is 5.65 Å². The molecule has 3 rings (SSSR count). The summed E-state index contributed by atoms with van der Waals surface area (Å²) in [6, 6.07) is 6.00. The highest BCUT2D eigenvalue weighted by atomic mass is 19.1. The Morgan fingerprint density at radius 3 is 2.48 bits per heavy atom. The predicted octanol–water partition coefficient (Wildman–Crippen LogP) is 4.17. The lowest BCUT2D eigenvalue weighted by Gasteiger charge is -2.13. The first-order valence-electron chi connectivity index (χ1n) is 9.99. The molecule has 0 unspecified atom stereocenters. The van der Waals surface area contributed by atoms with Crippen molar-refractivity contribution < 1.29 is 19.0 Å². The Bertz CT molecular complexity index is 995. The summed E-state index contributed by atoms with van der Waals surface area (Å²) >= 11 is 0. The molecule has 0 amide bonds. The smallest absolute Gasteiger partial charge is 0.339 e. The van der Waals surface area contributed by atoms with Crippen molar-refractivity contribution in [1.29, 1.82) is 0 Å². The van der Waals surface area contributed by atoms with Gasteiger partial charge in [0.25, 0.3) is 0 Å². The van der Waals surface area contributed by atoms with E-state index in [1.165, 1.54) is 12.1 Å². The van der Waals surface area contributed by atoms with Crippen LogP contribution in [0.4, 0.5) is 4.39 Å². The third kappa shape index (κ3) is 4.00. The van der Waals surface area contributed by atoms with Crippen LogP contribution in [0, 0.1) is 5.82 Å². The lowest BCUT2D eigenvalue weighted by molar-refractivity contribution is 0.0527. The van der Waals surface area contributed by atoms with Crippen molar-refractivity contribution in [2.45, 2.75) is 46.0 Å². The Balaban J connectivity index is 2.37. The molecular weight excluding hydrogens is 373 g/mol. The summed E-state index contributed by atoms with van der Waals surface area (Å²) in [6.07, 6.45) is 3.57. The molecule has 0 aliphatic heterocycles. The second-order valence-electron chi connectivity index (χ2n) is 6.84. The highest BCUT2D eigenvalue weighted by Gasteiger charge is 2.27. The molecule has 3 aromatic rings. The minimum Gasteiger partial charge on any atom is -0.462 e. The van der Waals surface area contributed by atoms with Gasteiger partial charge in [-0.05, 0) is 56.0 Å². The molecule has 2 aromatic heterocycles. The average Bonchev–Trinajstić information content (AvgIpc) is 3.09. The molecule has 1 N–H and O–H groups in total. The van der Waals surface area contributed by atoms with Crippen molar-refractivity contribution in [1.82, 2.24) is 14.8 Å². The lowest BCUT2D eigenvalue weighted by atomic mass is 9.93. The Morgan fingerprint density at radius 1 is 1.21 bits per heavy atom. The Labute approximate surface area is 169 Å². The molecule has 2 heterocycles. The maximum atomic E-state index is 13.4. The highest BCUT2D eigenvalue weighted by Crippen LogP contribution is 2.34. The fraction of sp³-hybridized carbons (Fsp3) is 0.409. The fourth-order valence-corrected chi connectivity index (χ4v) is 3.62. The lowest BCUT2D eigenvalue weighted by Crippen LogP contribution is -2.12. The Hall–Kier alpha value is -2.80. The maximum absolute atomic E-state index is 13.4. The molecule has 0 aliphatic rings. The van der Waals surface area contributed by atoms with Crippen LogP contribution in [0.15, 0.2) is 30.5 Å². The minimum atomic E-state index is -0.450. The van der Waals surface area contributed by atoms with Crippen LogP contribution in [-0.4, -0.2) is 39.1 Å². The first-order valence-corrected chi connectivity index (χ1v) is 9.99. The number of ether oxygens (including phenoxy) is 1. The number of hydrogen-bond acceptors (Lipinski definition) is 5. The van der Waals surface area contributed by atoms with Gasteiger partial charge < -0.3 is 9.84 Å². The first kappa shape index (κ1) is 20.9. The number of esters is 1. The number of rotatable bonds is 8. The van der Waals surface area contributed by atoms with Gasteiger partial charge in [0, 0.05) is 18.7 Å². The van der Waals surface area contributed by atoms with Gasteiger partial charge in [0.1, 0.15) is 5.82 Å². The van der Waals surface area contributed by atoms with E-state index in [9.17, 15) is 14.3 Å². The second kappa shape index (κ2) is 9.13. The van der Waals surface area contributed by atoms with Crippen molar-refractivity contribution >= 4 is 17.0 Å². The highest BCUT2D eigenvalue weighted by molar-refractivity contribution is 6.05. The van der Waals surface area contributed by atoms with E-state index < -0.39 is 5.97 Å². The topological polar surface area (TPSA) is 77.2 Å². The molecule has 1 aromatic carbocycles. The van der Waals surface area contributed by atoms with Crippen LogP contribution in [0.1, 0.15) is 61.1 Å². The number of benzene rings is 1. The molecule has 6 nitrogen and oxygen atoms in total. The molecule has 7 heteroatoms. The Kier molecular flexibility index (Phi) is 6.59. The summed E-state index contributed by atoms with van der Waals surface area (Å²) < 4.78 is 20.4. The van der Waals surface area contributed by atoms with Gasteiger partial charge in [-0.3, -0.25) is 0 Å². The van der Waals surface area contributed by atoms with Crippen molar-refractivity contribution in [3.63, 3.8) is 0 Å². The van der Waals surface area contributed by atoms with Gasteiger partial charge in [-0.2, -0.15) is 5.10 Å². The SMILES string of the molecule is CCOC(=O)c1c(CCO)cnc2c1c(C(CC)CC)nn2-c1ccc(F)cc1. The molecule has 29 heavy (non-hydrogen) atoms. The van der Waals surface area contributed by atoms with Crippen LogP contribution >= 0.6 is 0 Å². The normalized spacial score (nSPS) is 11.4. The molecule has 0 saturated heterocycles. The van der Waals surface area contributed by atoms with E-state index in [0.717, 1.165) is 18.5 Å². The number of pyridine rings is 1. The fourth-order valence-electron chi connectivity index (χ4n) is 3.62. The molecule has 154 valence electrons. The minimum absolute atomic E-state index is 0.105. The van der Waals surface area contributed by atoms with E-state index in [0.29, 0.717) is 34.3 Å². The van der Waals surface area contributed by atoms with Crippen LogP contribution in [0.25, 0.3) is 16.7 Å². The number of hydrogen-bond donors (Lipinski definition) is 1. The van der Waals surface area contributed by atoms with E-state index >= 15 is 0 Å². The van der Waals surface area contributed by atoms with Gasteiger partial charge in [-0.1, -0.05) is 13.8 Å². The Morgan fingerprint density at radius 2 is 1.90 bits per heavy atom. The van der Waals surface area contributed by atoms with Crippen LogP contribution in [0.3, 0.4) is 0 Å². The summed E-state index contributed by atoms with van der Waals surface area (Å²) in [5, 5.41) is 14.9. The third-order valence-corrected chi connectivity index (χ3v) is 5.11. The molecule has 0 saturated carbocycles. The zero-order valence-electron chi connectivity index (χ0n) is 17.0. The number of carbonyl (C=O) groups excluding carboxylic acids is 1. The zero-order chi connectivity index (χ0) is 21.0. The predicted molar refractivity (Wildman–Crippen MR) is 109 cm³/mol. The first-order chi connectivity index (χ1) is 14.0. The van der Waals surface area contributed by atoms with Gasteiger partial charge in [0.05, 0.1) is 28.9 Å². The van der Waals surface area contributed by atoms with Crippen molar-refractivity contribution in [2.75, 3.05) is 13.2 Å². The summed E-state index contributed by atoms with van der Waals surface area (Å²) in [4.78, 5) is 17.4. The number of aliphatic hydroxyl groups excluding tert-OH is 1. The quantitative estimate of drug-likeness (QED) is 0.575. The largest absolute Gasteiger partial charge is 0.462 e. The van der Waals surface area contributed by atoms with E-state index in [4.69, 9.17) is 9.84 Å². The molecular formula is C22H26FN3O3. The second-order valence-corrected chi connectivity index (χ2v) is 6.84. The van der Waals surface area contributed by atoms with E-state index in [2.05, 4.69) is 18.8 Å². The molecule has 0 spiro atoms. The van der Waals surface area contributed by atoms with Crippen LogP contribution < -0.4 is 0 Å². The van der Waals surface area contributed by atoms with Crippen LogP contribution in [0.2, 0.25) is 0 Å². The van der Waals surface area contributed by atoms with Crippen LogP contribution in [0.5, 0.6) is 0 Å². The summed E-state index contributed by atoms with van der Waals surface area (Å²) in [5.74, 6) is -0.663. The number of aliphatic hydroxyl groups is 1. The molecule has 0 atom stereocenters. The van der Waals surface area contributed by atoms with E-state index in [-0.39, 0.29) is 24.9 Å². The average molecular weight is 399 g/mol. The van der Waals surface area contributed by atoms with Crippen molar-refractivity contribution in [3.05, 3.63) is 53.1 Å². The molecule has 0 fully saturated rings. The number of carbonyl (C=O) groups is 1. The van der Waals surface area contributed by atoms with Gasteiger partial charge in [0.2, 0.25) is 0 Å².